The normalized spacial score (nSPS) is 9.00. The van der Waals surface area contributed by atoms with Gasteiger partial charge in [-0.25, -0.2) is 4.99 Å². The van der Waals surface area contributed by atoms with Gasteiger partial charge >= 0.3 is 0 Å². The molecule has 1 N–H and O–H groups in total. The molecule has 12 heavy (non-hydrogen) atoms. The van der Waals surface area contributed by atoms with Gasteiger partial charge in [0.2, 0.25) is 6.41 Å². The highest BCUT2D eigenvalue weighted by atomic mass is 32.1. The van der Waals surface area contributed by atoms with Crippen molar-refractivity contribution in [2.75, 3.05) is 5.75 Å². The van der Waals surface area contributed by atoms with E-state index < -0.39 is 0 Å². The van der Waals surface area contributed by atoms with Gasteiger partial charge in [-0.05, 0) is 18.5 Å². The van der Waals surface area contributed by atoms with Crippen LogP contribution in [0.4, 0.5) is 0 Å². The summed E-state index contributed by atoms with van der Waals surface area (Å²) in [6.45, 7) is 8.61. The summed E-state index contributed by atoms with van der Waals surface area (Å²) in [7, 11) is 0. The standard InChI is InChI=1S/C6H8N2O.C2H6S/c1-3-4-6(7-2)8-5-9;1-2-3/h3-5H,1-2H2,(H,8,9);3H,2H2,1H3/b6-4+;. The van der Waals surface area contributed by atoms with Gasteiger partial charge in [0.25, 0.3) is 0 Å². The number of amides is 1. The van der Waals surface area contributed by atoms with Crippen LogP contribution in [-0.2, 0) is 4.79 Å². The average molecular weight is 186 g/mol. The fourth-order valence-electron chi connectivity index (χ4n) is 0.318. The molecule has 0 fully saturated rings. The molecular formula is C8H14N2OS. The van der Waals surface area contributed by atoms with Crippen molar-refractivity contribution in [1.82, 2.24) is 5.32 Å². The molecule has 0 aromatic carbocycles. The maximum Gasteiger partial charge on any atom is 0.212 e. The number of hydrogen-bond acceptors (Lipinski definition) is 3. The fraction of sp³-hybridized carbons (Fsp3) is 0.250. The minimum absolute atomic E-state index is 0.403. The molecule has 0 atom stereocenters. The molecule has 0 radical (unpaired) electrons. The summed E-state index contributed by atoms with van der Waals surface area (Å²) in [4.78, 5) is 13.2. The lowest BCUT2D eigenvalue weighted by Gasteiger charge is -1.92. The maximum absolute atomic E-state index is 9.77. The van der Waals surface area contributed by atoms with Gasteiger partial charge in [0.05, 0.1) is 0 Å². The molecule has 0 unspecified atom stereocenters. The molecule has 3 nitrogen and oxygen atoms in total. The van der Waals surface area contributed by atoms with Crippen LogP contribution in [0.1, 0.15) is 6.92 Å². The zero-order valence-electron chi connectivity index (χ0n) is 7.16. The zero-order valence-corrected chi connectivity index (χ0v) is 8.05. The molecule has 0 aliphatic heterocycles. The molecule has 0 heterocycles. The second-order valence-electron chi connectivity index (χ2n) is 1.52. The van der Waals surface area contributed by atoms with Crippen LogP contribution < -0.4 is 5.32 Å². The molecule has 0 spiro atoms. The number of aliphatic imine (C=N–C) groups is 1. The quantitative estimate of drug-likeness (QED) is 0.296. The third kappa shape index (κ3) is 11.7. The summed E-state index contributed by atoms with van der Waals surface area (Å²) < 4.78 is 0. The predicted octanol–water partition coefficient (Wildman–Crippen LogP) is 1.40. The number of thiol groups is 1. The van der Waals surface area contributed by atoms with Crippen molar-refractivity contribution in [3.05, 3.63) is 24.6 Å². The van der Waals surface area contributed by atoms with Gasteiger partial charge in [-0.15, -0.1) is 0 Å². The van der Waals surface area contributed by atoms with E-state index in [4.69, 9.17) is 0 Å². The van der Waals surface area contributed by atoms with E-state index in [2.05, 4.69) is 36.2 Å². The second kappa shape index (κ2) is 12.6. The minimum atomic E-state index is 0.403. The number of allylic oxidation sites excluding steroid dienone is 2. The Morgan fingerprint density at radius 2 is 2.25 bits per heavy atom. The summed E-state index contributed by atoms with van der Waals surface area (Å²) in [5.74, 6) is 1.35. The number of rotatable bonds is 4. The van der Waals surface area contributed by atoms with Crippen LogP contribution in [0.15, 0.2) is 29.5 Å². The molecule has 68 valence electrons. The molecule has 0 saturated heterocycles. The third-order valence-electron chi connectivity index (χ3n) is 0.653. The monoisotopic (exact) mass is 186 g/mol. The Labute approximate surface area is 78.7 Å². The van der Waals surface area contributed by atoms with Crippen molar-refractivity contribution in [3.8, 4) is 0 Å². The summed E-state index contributed by atoms with van der Waals surface area (Å²) >= 11 is 3.79. The van der Waals surface area contributed by atoms with Gasteiger partial charge in [-0.2, -0.15) is 12.6 Å². The van der Waals surface area contributed by atoms with E-state index in [0.29, 0.717) is 12.2 Å². The molecular weight excluding hydrogens is 172 g/mol. The lowest BCUT2D eigenvalue weighted by atomic mass is 10.5. The van der Waals surface area contributed by atoms with E-state index in [1.165, 1.54) is 6.08 Å². The van der Waals surface area contributed by atoms with Gasteiger partial charge in [0.1, 0.15) is 5.82 Å². The molecule has 0 saturated carbocycles. The Balaban J connectivity index is 0. The first-order valence-electron chi connectivity index (χ1n) is 3.37. The van der Waals surface area contributed by atoms with Crippen molar-refractivity contribution in [2.24, 2.45) is 4.99 Å². The first kappa shape index (κ1) is 13.6. The van der Waals surface area contributed by atoms with Crippen molar-refractivity contribution in [2.45, 2.75) is 6.92 Å². The van der Waals surface area contributed by atoms with Crippen LogP contribution in [0.5, 0.6) is 0 Å². The number of nitrogens with zero attached hydrogens (tertiary/aromatic N) is 1. The van der Waals surface area contributed by atoms with Crippen LogP contribution >= 0.6 is 12.6 Å². The zero-order chi connectivity index (χ0) is 9.82. The molecule has 4 heteroatoms. The molecule has 0 bridgehead atoms. The van der Waals surface area contributed by atoms with E-state index in [1.54, 1.807) is 6.08 Å². The van der Waals surface area contributed by atoms with E-state index in [1.807, 2.05) is 6.92 Å². The number of carbonyl (C=O) groups excluding carboxylic acids is 1. The van der Waals surface area contributed by atoms with E-state index >= 15 is 0 Å². The Bertz CT molecular complexity index is 166. The topological polar surface area (TPSA) is 41.5 Å². The average Bonchev–Trinajstić information content (AvgIpc) is 2.05. The highest BCUT2D eigenvalue weighted by molar-refractivity contribution is 7.80. The lowest BCUT2D eigenvalue weighted by Crippen LogP contribution is -2.07. The van der Waals surface area contributed by atoms with Gasteiger partial charge in [-0.3, -0.25) is 4.79 Å². The van der Waals surface area contributed by atoms with Crippen LogP contribution in [-0.4, -0.2) is 18.9 Å². The third-order valence-corrected chi connectivity index (χ3v) is 0.653. The Morgan fingerprint density at radius 1 is 1.75 bits per heavy atom. The molecule has 0 rings (SSSR count). The summed E-state index contributed by atoms with van der Waals surface area (Å²) in [5.41, 5.74) is 0. The van der Waals surface area contributed by atoms with Crippen LogP contribution in [0.2, 0.25) is 0 Å². The maximum atomic E-state index is 9.77. The van der Waals surface area contributed by atoms with Gasteiger partial charge < -0.3 is 5.32 Å². The molecule has 0 aromatic rings. The molecule has 1 amide bonds. The highest BCUT2D eigenvalue weighted by Gasteiger charge is 1.82. The van der Waals surface area contributed by atoms with Crippen molar-refractivity contribution < 1.29 is 4.79 Å². The van der Waals surface area contributed by atoms with E-state index in [0.717, 1.165) is 5.75 Å². The fourth-order valence-corrected chi connectivity index (χ4v) is 0.318. The Hall–Kier alpha value is -1.03. The van der Waals surface area contributed by atoms with Crippen LogP contribution in [0, 0.1) is 0 Å². The number of carbonyl (C=O) groups is 1. The second-order valence-corrected chi connectivity index (χ2v) is 2.16. The van der Waals surface area contributed by atoms with Gasteiger partial charge in [0.15, 0.2) is 0 Å². The van der Waals surface area contributed by atoms with E-state index in [-0.39, 0.29) is 0 Å². The SMILES string of the molecule is C=C/C=C(\N=C)NC=O.CCS. The predicted molar refractivity (Wildman–Crippen MR) is 56.6 cm³/mol. The van der Waals surface area contributed by atoms with Gasteiger partial charge in [0, 0.05) is 0 Å². The molecule has 0 aliphatic carbocycles. The van der Waals surface area contributed by atoms with E-state index in [9.17, 15) is 4.79 Å². The van der Waals surface area contributed by atoms with Crippen molar-refractivity contribution in [1.29, 1.82) is 0 Å². The first-order chi connectivity index (χ1) is 5.76. The van der Waals surface area contributed by atoms with Crippen molar-refractivity contribution >= 4 is 25.8 Å². The first-order valence-corrected chi connectivity index (χ1v) is 4.00. The Morgan fingerprint density at radius 3 is 2.50 bits per heavy atom. The number of hydrogen-bond donors (Lipinski definition) is 2. The Kier molecular flexibility index (Phi) is 14.3. The highest BCUT2D eigenvalue weighted by Crippen LogP contribution is 1.86. The van der Waals surface area contributed by atoms with Crippen molar-refractivity contribution in [3.63, 3.8) is 0 Å². The lowest BCUT2D eigenvalue weighted by molar-refractivity contribution is -0.108. The van der Waals surface area contributed by atoms with Crippen LogP contribution in [0.25, 0.3) is 0 Å². The minimum Gasteiger partial charge on any atom is -0.313 e. The molecule has 0 aromatic heterocycles. The smallest absolute Gasteiger partial charge is 0.212 e. The van der Waals surface area contributed by atoms with Crippen LogP contribution in [0.3, 0.4) is 0 Å². The number of nitrogens with one attached hydrogen (secondary N) is 1. The molecule has 0 aliphatic rings. The summed E-state index contributed by atoms with van der Waals surface area (Å²) in [6, 6.07) is 0. The summed E-state index contributed by atoms with van der Waals surface area (Å²) in [5, 5.41) is 2.31. The largest absolute Gasteiger partial charge is 0.313 e. The summed E-state index contributed by atoms with van der Waals surface area (Å²) in [6.07, 6.45) is 3.59. The van der Waals surface area contributed by atoms with Gasteiger partial charge in [-0.1, -0.05) is 19.6 Å².